The molecular weight excluding hydrogens is 324 g/mol. The highest BCUT2D eigenvalue weighted by atomic mass is 16.2. The van der Waals surface area contributed by atoms with Gasteiger partial charge in [-0.3, -0.25) is 9.59 Å². The summed E-state index contributed by atoms with van der Waals surface area (Å²) in [7, 11) is 0. The minimum atomic E-state index is -0.964. The molecule has 136 valence electrons. The molecule has 2 aromatic rings. The highest BCUT2D eigenvalue weighted by Crippen LogP contribution is 2.48. The van der Waals surface area contributed by atoms with Crippen molar-refractivity contribution in [2.24, 2.45) is 5.41 Å². The number of anilines is 2. The van der Waals surface area contributed by atoms with Crippen molar-refractivity contribution in [3.8, 4) is 0 Å². The second-order valence-electron chi connectivity index (χ2n) is 8.16. The van der Waals surface area contributed by atoms with Gasteiger partial charge in [-0.25, -0.2) is 0 Å². The van der Waals surface area contributed by atoms with Crippen molar-refractivity contribution in [2.45, 2.75) is 46.0 Å². The van der Waals surface area contributed by atoms with Crippen LogP contribution in [0.15, 0.2) is 48.5 Å². The number of aryl methyl sites for hydroxylation is 1. The van der Waals surface area contributed by atoms with Crippen LogP contribution in [0.25, 0.3) is 0 Å². The molecule has 1 saturated carbocycles. The lowest BCUT2D eigenvalue weighted by molar-refractivity contribution is -0.131. The zero-order chi connectivity index (χ0) is 18.9. The van der Waals surface area contributed by atoms with Crippen LogP contribution in [-0.4, -0.2) is 11.8 Å². The van der Waals surface area contributed by atoms with Crippen molar-refractivity contribution < 1.29 is 9.59 Å². The third kappa shape index (κ3) is 3.64. The standard InChI is InChI=1S/C22H26N2O2/c1-15-8-7-9-16(14-15)23-19(25)22(12-13-22)20(26)24-18-11-6-5-10-17(18)21(2,3)4/h5-11,14H,12-13H2,1-4H3,(H,23,25)(H,24,26). The quantitative estimate of drug-likeness (QED) is 0.789. The SMILES string of the molecule is Cc1cccc(NC(=O)C2(C(=O)Nc3ccccc3C(C)(C)C)CC2)c1. The van der Waals surface area contributed by atoms with Crippen molar-refractivity contribution in [3.63, 3.8) is 0 Å². The van der Waals surface area contributed by atoms with Crippen molar-refractivity contribution in [3.05, 3.63) is 59.7 Å². The second-order valence-corrected chi connectivity index (χ2v) is 8.16. The van der Waals surface area contributed by atoms with Crippen LogP contribution in [0.5, 0.6) is 0 Å². The molecule has 3 rings (SSSR count). The molecule has 0 aliphatic heterocycles. The molecule has 4 heteroatoms. The maximum absolute atomic E-state index is 12.9. The average Bonchev–Trinajstić information content (AvgIpc) is 3.36. The average molecular weight is 350 g/mol. The third-order valence-electron chi connectivity index (χ3n) is 4.88. The first kappa shape index (κ1) is 18.2. The summed E-state index contributed by atoms with van der Waals surface area (Å²) in [5.41, 5.74) is 2.57. The summed E-state index contributed by atoms with van der Waals surface area (Å²) in [6.07, 6.45) is 1.16. The summed E-state index contributed by atoms with van der Waals surface area (Å²) in [5, 5.41) is 5.90. The molecule has 2 amide bonds. The number of amides is 2. The van der Waals surface area contributed by atoms with Gasteiger partial charge in [-0.1, -0.05) is 51.1 Å². The van der Waals surface area contributed by atoms with Crippen LogP contribution in [0.1, 0.15) is 44.7 Å². The summed E-state index contributed by atoms with van der Waals surface area (Å²) in [4.78, 5) is 25.7. The van der Waals surface area contributed by atoms with Gasteiger partial charge in [0, 0.05) is 11.4 Å². The van der Waals surface area contributed by atoms with Crippen molar-refractivity contribution in [1.82, 2.24) is 0 Å². The molecule has 0 unspecified atom stereocenters. The fourth-order valence-electron chi connectivity index (χ4n) is 3.14. The highest BCUT2D eigenvalue weighted by Gasteiger charge is 2.56. The van der Waals surface area contributed by atoms with Gasteiger partial charge in [0.1, 0.15) is 5.41 Å². The molecule has 0 spiro atoms. The smallest absolute Gasteiger partial charge is 0.240 e. The van der Waals surface area contributed by atoms with E-state index in [9.17, 15) is 9.59 Å². The number of rotatable bonds is 4. The van der Waals surface area contributed by atoms with E-state index in [1.54, 1.807) is 0 Å². The van der Waals surface area contributed by atoms with Gasteiger partial charge in [0.2, 0.25) is 11.8 Å². The molecule has 0 heterocycles. The lowest BCUT2D eigenvalue weighted by Crippen LogP contribution is -2.36. The Kier molecular flexibility index (Phi) is 4.61. The van der Waals surface area contributed by atoms with E-state index in [4.69, 9.17) is 0 Å². The Bertz CT molecular complexity index is 845. The van der Waals surface area contributed by atoms with Crippen molar-refractivity contribution in [2.75, 3.05) is 10.6 Å². The van der Waals surface area contributed by atoms with Crippen LogP contribution in [0.3, 0.4) is 0 Å². The number of carbonyl (C=O) groups is 2. The van der Waals surface area contributed by atoms with E-state index in [1.165, 1.54) is 0 Å². The van der Waals surface area contributed by atoms with Gasteiger partial charge in [-0.15, -0.1) is 0 Å². The van der Waals surface area contributed by atoms with Crippen molar-refractivity contribution >= 4 is 23.2 Å². The molecule has 2 aromatic carbocycles. The third-order valence-corrected chi connectivity index (χ3v) is 4.88. The molecule has 4 nitrogen and oxygen atoms in total. The monoisotopic (exact) mass is 350 g/mol. The van der Waals surface area contributed by atoms with Gasteiger partial charge in [0.15, 0.2) is 0 Å². The zero-order valence-electron chi connectivity index (χ0n) is 15.8. The van der Waals surface area contributed by atoms with Crippen molar-refractivity contribution in [1.29, 1.82) is 0 Å². The van der Waals surface area contributed by atoms with Gasteiger partial charge in [0.25, 0.3) is 0 Å². The molecule has 1 aliphatic carbocycles. The largest absolute Gasteiger partial charge is 0.325 e. The van der Waals surface area contributed by atoms with E-state index in [1.807, 2.05) is 55.5 Å². The lowest BCUT2D eigenvalue weighted by atomic mass is 9.85. The number of para-hydroxylation sites is 1. The van der Waals surface area contributed by atoms with Crippen LogP contribution >= 0.6 is 0 Å². The Labute approximate surface area is 155 Å². The molecule has 2 N–H and O–H groups in total. The normalized spacial score (nSPS) is 15.2. The highest BCUT2D eigenvalue weighted by molar-refractivity contribution is 6.17. The van der Waals surface area contributed by atoms with Gasteiger partial charge in [-0.2, -0.15) is 0 Å². The first-order valence-electron chi connectivity index (χ1n) is 9.01. The zero-order valence-corrected chi connectivity index (χ0v) is 15.8. The predicted octanol–water partition coefficient (Wildman–Crippen LogP) is 4.65. The van der Waals surface area contributed by atoms with Crippen LogP contribution in [-0.2, 0) is 15.0 Å². The van der Waals surface area contributed by atoms with E-state index < -0.39 is 5.41 Å². The molecule has 26 heavy (non-hydrogen) atoms. The van der Waals surface area contributed by atoms with Crippen LogP contribution in [0.2, 0.25) is 0 Å². The predicted molar refractivity (Wildman–Crippen MR) is 105 cm³/mol. The molecule has 1 aliphatic rings. The minimum absolute atomic E-state index is 0.0928. The topological polar surface area (TPSA) is 58.2 Å². The number of carbonyl (C=O) groups excluding carboxylic acids is 2. The van der Waals surface area contributed by atoms with Gasteiger partial charge in [0.05, 0.1) is 0 Å². The fourth-order valence-corrected chi connectivity index (χ4v) is 3.14. The summed E-state index contributed by atoms with van der Waals surface area (Å²) < 4.78 is 0. The summed E-state index contributed by atoms with van der Waals surface area (Å²) >= 11 is 0. The molecule has 1 fully saturated rings. The van der Waals surface area contributed by atoms with E-state index >= 15 is 0 Å². The number of hydrogen-bond acceptors (Lipinski definition) is 2. The van der Waals surface area contributed by atoms with Gasteiger partial charge in [-0.05, 0) is 54.5 Å². The molecule has 0 aromatic heterocycles. The van der Waals surface area contributed by atoms with Crippen LogP contribution in [0.4, 0.5) is 11.4 Å². The van der Waals surface area contributed by atoms with E-state index in [0.29, 0.717) is 12.8 Å². The molecule has 0 saturated heterocycles. The molecule has 0 atom stereocenters. The Hall–Kier alpha value is -2.62. The fraction of sp³-hybridized carbons (Fsp3) is 0.364. The van der Waals surface area contributed by atoms with Gasteiger partial charge < -0.3 is 10.6 Å². The summed E-state index contributed by atoms with van der Waals surface area (Å²) in [5.74, 6) is -0.451. The molecular formula is C22H26N2O2. The Balaban J connectivity index is 1.77. The maximum Gasteiger partial charge on any atom is 0.240 e. The Morgan fingerprint density at radius 2 is 1.58 bits per heavy atom. The number of hydrogen-bond donors (Lipinski definition) is 2. The first-order chi connectivity index (χ1) is 12.2. The summed E-state index contributed by atoms with van der Waals surface area (Å²) in [6, 6.07) is 15.4. The number of nitrogens with one attached hydrogen (secondary N) is 2. The molecule has 0 bridgehead atoms. The lowest BCUT2D eigenvalue weighted by Gasteiger charge is -2.24. The first-order valence-corrected chi connectivity index (χ1v) is 9.01. The Morgan fingerprint density at radius 3 is 2.19 bits per heavy atom. The molecule has 0 radical (unpaired) electrons. The maximum atomic E-state index is 12.9. The minimum Gasteiger partial charge on any atom is -0.325 e. The Morgan fingerprint density at radius 1 is 0.923 bits per heavy atom. The van der Waals surface area contributed by atoms with E-state index in [-0.39, 0.29) is 17.2 Å². The summed E-state index contributed by atoms with van der Waals surface area (Å²) in [6.45, 7) is 8.29. The van der Waals surface area contributed by atoms with Crippen LogP contribution < -0.4 is 10.6 Å². The van der Waals surface area contributed by atoms with E-state index in [2.05, 4.69) is 31.4 Å². The second kappa shape index (κ2) is 6.60. The van der Waals surface area contributed by atoms with Crippen LogP contribution in [0, 0.1) is 12.3 Å². The van der Waals surface area contributed by atoms with E-state index in [0.717, 1.165) is 22.5 Å². The van der Waals surface area contributed by atoms with Gasteiger partial charge >= 0.3 is 0 Å². The number of benzene rings is 2.